The highest BCUT2D eigenvalue weighted by Crippen LogP contribution is 2.37. The first kappa shape index (κ1) is 32.3. The Balaban J connectivity index is 1.28. The maximum Gasteiger partial charge on any atom is 0.418 e. The molecule has 0 radical (unpaired) electrons. The maximum atomic E-state index is 13.8. The number of thioether (sulfide) groups is 1. The molecule has 1 aliphatic heterocycles. The van der Waals surface area contributed by atoms with E-state index in [-0.39, 0.29) is 22.4 Å². The number of amides is 2. The van der Waals surface area contributed by atoms with Crippen molar-refractivity contribution in [1.29, 1.82) is 0 Å². The van der Waals surface area contributed by atoms with Gasteiger partial charge in [-0.2, -0.15) is 13.2 Å². The summed E-state index contributed by atoms with van der Waals surface area (Å²) < 4.78 is 49.3. The van der Waals surface area contributed by atoms with Gasteiger partial charge in [-0.3, -0.25) is 9.52 Å². The van der Waals surface area contributed by atoms with Gasteiger partial charge in [0.15, 0.2) is 11.5 Å². The number of halogens is 3. The zero-order valence-electron chi connectivity index (χ0n) is 24.0. The highest BCUT2D eigenvalue weighted by Gasteiger charge is 2.34. The average molecular weight is 635 g/mol. The van der Waals surface area contributed by atoms with Crippen LogP contribution in [0, 0.1) is 0 Å². The second-order valence-corrected chi connectivity index (χ2v) is 12.6. The standard InChI is InChI=1S/C29H33F3N6O3S2/c1-28(2,3)41-27(40)38-16-14-37(15-17-38)25-12-11-24(34-35-25)26(39)36-43-21-9-10-23(22(19-21)29(30,31)32)33-13-18-42-20-7-5-4-6-8-20/h4-12,19,33H,13-18H2,1-3H3,(H,36,39). The zero-order chi connectivity index (χ0) is 31.0. The minimum atomic E-state index is -4.57. The van der Waals surface area contributed by atoms with Crippen molar-refractivity contribution in [2.75, 3.05) is 48.7 Å². The molecular weight excluding hydrogens is 601 g/mol. The molecule has 0 atom stereocenters. The summed E-state index contributed by atoms with van der Waals surface area (Å²) in [6.45, 7) is 7.74. The van der Waals surface area contributed by atoms with E-state index in [0.717, 1.165) is 22.9 Å². The number of nitrogens with zero attached hydrogens (tertiary/aromatic N) is 4. The fourth-order valence-electron chi connectivity index (χ4n) is 4.06. The second-order valence-electron chi connectivity index (χ2n) is 10.6. The first-order valence-electron chi connectivity index (χ1n) is 13.6. The molecule has 0 spiro atoms. The normalized spacial score (nSPS) is 13.9. The van der Waals surface area contributed by atoms with Crippen molar-refractivity contribution < 1.29 is 27.5 Å². The van der Waals surface area contributed by atoms with E-state index in [0.29, 0.717) is 44.3 Å². The van der Waals surface area contributed by atoms with Gasteiger partial charge in [0.05, 0.1) is 5.56 Å². The first-order valence-corrected chi connectivity index (χ1v) is 15.4. The molecule has 2 N–H and O–H groups in total. The highest BCUT2D eigenvalue weighted by molar-refractivity contribution is 7.99. The van der Waals surface area contributed by atoms with Gasteiger partial charge in [-0.25, -0.2) is 4.79 Å². The Morgan fingerprint density at radius 1 is 0.930 bits per heavy atom. The topological polar surface area (TPSA) is 99.7 Å². The maximum absolute atomic E-state index is 13.8. The zero-order valence-corrected chi connectivity index (χ0v) is 25.6. The number of aromatic nitrogens is 2. The molecule has 0 unspecified atom stereocenters. The van der Waals surface area contributed by atoms with Crippen LogP contribution >= 0.6 is 23.7 Å². The second kappa shape index (κ2) is 14.2. The molecule has 1 saturated heterocycles. The SMILES string of the molecule is CC(C)(C)OC(=O)N1CCN(c2ccc(C(=O)NSc3ccc(NCCSc4ccccc4)c(C(F)(F)F)c3)nn2)CC1. The lowest BCUT2D eigenvalue weighted by Gasteiger charge is -2.35. The quantitative estimate of drug-likeness (QED) is 0.162. The Bertz CT molecular complexity index is 1380. The predicted molar refractivity (Wildman–Crippen MR) is 162 cm³/mol. The fraction of sp³-hybridized carbons (Fsp3) is 0.379. The summed E-state index contributed by atoms with van der Waals surface area (Å²) in [5.41, 5.74) is -1.39. The van der Waals surface area contributed by atoms with Crippen LogP contribution in [0.4, 0.5) is 29.5 Å². The van der Waals surface area contributed by atoms with E-state index in [1.807, 2.05) is 56.0 Å². The van der Waals surface area contributed by atoms with Gasteiger partial charge in [-0.15, -0.1) is 22.0 Å². The molecule has 2 amide bonds. The molecule has 1 aliphatic rings. The Morgan fingerprint density at radius 3 is 2.28 bits per heavy atom. The van der Waals surface area contributed by atoms with Crippen LogP contribution in [0.2, 0.25) is 0 Å². The van der Waals surface area contributed by atoms with Gasteiger partial charge < -0.3 is 19.9 Å². The van der Waals surface area contributed by atoms with Gasteiger partial charge in [-0.05, 0) is 75.2 Å². The molecule has 230 valence electrons. The Hall–Kier alpha value is -3.65. The van der Waals surface area contributed by atoms with E-state index in [4.69, 9.17) is 4.74 Å². The summed E-state index contributed by atoms with van der Waals surface area (Å²) in [6, 6.07) is 16.6. The van der Waals surface area contributed by atoms with Crippen molar-refractivity contribution >= 4 is 47.2 Å². The molecule has 1 aromatic heterocycles. The van der Waals surface area contributed by atoms with Gasteiger partial charge >= 0.3 is 12.3 Å². The van der Waals surface area contributed by atoms with Crippen molar-refractivity contribution in [3.05, 3.63) is 71.9 Å². The minimum Gasteiger partial charge on any atom is -0.444 e. The number of nitrogens with one attached hydrogen (secondary N) is 2. The molecule has 14 heteroatoms. The van der Waals surface area contributed by atoms with Crippen molar-refractivity contribution in [3.8, 4) is 0 Å². The van der Waals surface area contributed by atoms with Gasteiger partial charge in [-0.1, -0.05) is 18.2 Å². The number of alkyl halides is 3. The number of hydrogen-bond donors (Lipinski definition) is 2. The smallest absolute Gasteiger partial charge is 0.418 e. The minimum absolute atomic E-state index is 0.0221. The lowest BCUT2D eigenvalue weighted by Crippen LogP contribution is -2.50. The van der Waals surface area contributed by atoms with Crippen LogP contribution in [-0.2, 0) is 10.9 Å². The molecule has 2 heterocycles. The van der Waals surface area contributed by atoms with Gasteiger partial charge in [0, 0.05) is 54.0 Å². The summed E-state index contributed by atoms with van der Waals surface area (Å²) in [7, 11) is 0. The van der Waals surface area contributed by atoms with Crippen LogP contribution in [0.15, 0.2) is 70.5 Å². The summed E-state index contributed by atoms with van der Waals surface area (Å²) in [4.78, 5) is 29.7. The lowest BCUT2D eigenvalue weighted by atomic mass is 10.1. The highest BCUT2D eigenvalue weighted by atomic mass is 32.2. The van der Waals surface area contributed by atoms with Crippen molar-refractivity contribution in [3.63, 3.8) is 0 Å². The molecule has 4 rings (SSSR count). The Labute approximate surface area is 257 Å². The third-order valence-corrected chi connectivity index (χ3v) is 7.92. The third-order valence-electron chi connectivity index (χ3n) is 6.13. The van der Waals surface area contributed by atoms with Crippen LogP contribution in [0.3, 0.4) is 0 Å². The van der Waals surface area contributed by atoms with E-state index in [2.05, 4.69) is 20.2 Å². The van der Waals surface area contributed by atoms with Gasteiger partial charge in [0.2, 0.25) is 0 Å². The summed E-state index contributed by atoms with van der Waals surface area (Å²) in [5.74, 6) is 0.552. The van der Waals surface area contributed by atoms with Crippen molar-refractivity contribution in [2.24, 2.45) is 0 Å². The number of benzene rings is 2. The van der Waals surface area contributed by atoms with Crippen LogP contribution in [0.1, 0.15) is 36.8 Å². The predicted octanol–water partition coefficient (Wildman–Crippen LogP) is 6.19. The third kappa shape index (κ3) is 9.68. The van der Waals surface area contributed by atoms with Crippen LogP contribution < -0.4 is 14.9 Å². The summed E-state index contributed by atoms with van der Waals surface area (Å²) >= 11 is 2.32. The first-order chi connectivity index (χ1) is 20.4. The Morgan fingerprint density at radius 2 is 1.65 bits per heavy atom. The van der Waals surface area contributed by atoms with Crippen molar-refractivity contribution in [2.45, 2.75) is 42.3 Å². The number of rotatable bonds is 9. The number of anilines is 2. The molecule has 3 aromatic rings. The molecule has 2 aromatic carbocycles. The molecule has 1 fully saturated rings. The molecule has 0 aliphatic carbocycles. The van der Waals surface area contributed by atoms with E-state index >= 15 is 0 Å². The van der Waals surface area contributed by atoms with Gasteiger partial charge in [0.1, 0.15) is 5.60 Å². The molecule has 0 saturated carbocycles. The monoisotopic (exact) mass is 634 g/mol. The lowest BCUT2D eigenvalue weighted by molar-refractivity contribution is -0.137. The molecule has 0 bridgehead atoms. The average Bonchev–Trinajstić information content (AvgIpc) is 2.98. The summed E-state index contributed by atoms with van der Waals surface area (Å²) in [6.07, 6.45) is -4.94. The number of ether oxygens (including phenoxy) is 1. The summed E-state index contributed by atoms with van der Waals surface area (Å²) in [5, 5.41) is 11.0. The number of hydrogen-bond acceptors (Lipinski definition) is 9. The molecule has 43 heavy (non-hydrogen) atoms. The van der Waals surface area contributed by atoms with E-state index < -0.39 is 23.2 Å². The number of carbonyl (C=O) groups is 2. The van der Waals surface area contributed by atoms with Crippen LogP contribution in [0.25, 0.3) is 0 Å². The Kier molecular flexibility index (Phi) is 10.7. The number of piperazine rings is 1. The largest absolute Gasteiger partial charge is 0.444 e. The van der Waals surface area contributed by atoms with Crippen LogP contribution in [-0.4, -0.2) is 71.2 Å². The fourth-order valence-corrected chi connectivity index (χ4v) is 5.48. The van der Waals surface area contributed by atoms with Crippen LogP contribution in [0.5, 0.6) is 0 Å². The van der Waals surface area contributed by atoms with Crippen molar-refractivity contribution in [1.82, 2.24) is 19.8 Å². The number of carbonyl (C=O) groups excluding carboxylic acids is 2. The van der Waals surface area contributed by atoms with E-state index in [9.17, 15) is 22.8 Å². The molecular formula is C29H33F3N6O3S2. The molecule has 9 nitrogen and oxygen atoms in total. The van der Waals surface area contributed by atoms with E-state index in [1.165, 1.54) is 18.2 Å². The van der Waals surface area contributed by atoms with Gasteiger partial charge in [0.25, 0.3) is 5.91 Å². The van der Waals surface area contributed by atoms with E-state index in [1.54, 1.807) is 22.7 Å².